The average Bonchev–Trinajstić information content (AvgIpc) is 3.13. The van der Waals surface area contributed by atoms with E-state index in [4.69, 9.17) is 11.6 Å². The van der Waals surface area contributed by atoms with E-state index in [1.807, 2.05) is 60.4 Å². The second-order valence-corrected chi connectivity index (χ2v) is 6.88. The Morgan fingerprint density at radius 1 is 1.00 bits per heavy atom. The maximum Gasteiger partial charge on any atom is 0.254 e. The summed E-state index contributed by atoms with van der Waals surface area (Å²) in [4.78, 5) is 17.1. The van der Waals surface area contributed by atoms with Gasteiger partial charge >= 0.3 is 0 Å². The molecule has 1 aliphatic rings. The Morgan fingerprint density at radius 3 is 2.44 bits per heavy atom. The SMILES string of the molecule is Cc1nnnn1-c1cccc(C(=O)N2CCN(c3cccc(Cl)c3)CC2)c1. The van der Waals surface area contributed by atoms with Crippen LogP contribution in [0.25, 0.3) is 5.69 Å². The molecule has 0 saturated carbocycles. The van der Waals surface area contributed by atoms with Gasteiger partial charge in [-0.25, -0.2) is 0 Å². The van der Waals surface area contributed by atoms with Crippen molar-refractivity contribution in [3.05, 3.63) is 64.9 Å². The Hall–Kier alpha value is -2.93. The predicted octanol–water partition coefficient (Wildman–Crippen LogP) is 2.59. The maximum absolute atomic E-state index is 12.9. The summed E-state index contributed by atoms with van der Waals surface area (Å²) in [6.45, 7) is 4.71. The van der Waals surface area contributed by atoms with E-state index in [0.717, 1.165) is 29.5 Å². The first-order valence-electron chi connectivity index (χ1n) is 8.77. The molecule has 2 aromatic carbocycles. The van der Waals surface area contributed by atoms with E-state index in [0.29, 0.717) is 24.5 Å². The van der Waals surface area contributed by atoms with Crippen LogP contribution in [0.1, 0.15) is 16.2 Å². The maximum atomic E-state index is 12.9. The smallest absolute Gasteiger partial charge is 0.254 e. The second kappa shape index (κ2) is 7.36. The molecule has 7 nitrogen and oxygen atoms in total. The third kappa shape index (κ3) is 3.64. The van der Waals surface area contributed by atoms with Crippen molar-refractivity contribution in [3.8, 4) is 5.69 Å². The quantitative estimate of drug-likeness (QED) is 0.696. The highest BCUT2D eigenvalue weighted by molar-refractivity contribution is 6.30. The van der Waals surface area contributed by atoms with E-state index in [1.165, 1.54) is 0 Å². The van der Waals surface area contributed by atoms with Gasteiger partial charge in [0.15, 0.2) is 5.82 Å². The van der Waals surface area contributed by atoms with Crippen molar-refractivity contribution >= 4 is 23.2 Å². The summed E-state index contributed by atoms with van der Waals surface area (Å²) in [5.74, 6) is 0.697. The number of anilines is 1. The molecule has 0 bridgehead atoms. The zero-order valence-electron chi connectivity index (χ0n) is 14.9. The molecule has 3 aromatic rings. The first kappa shape index (κ1) is 17.5. The molecule has 0 radical (unpaired) electrons. The van der Waals surface area contributed by atoms with Gasteiger partial charge in [-0.05, 0) is 53.7 Å². The summed E-state index contributed by atoms with van der Waals surface area (Å²) in [5, 5.41) is 12.2. The van der Waals surface area contributed by atoms with Gasteiger partial charge in [-0.15, -0.1) is 5.10 Å². The van der Waals surface area contributed by atoms with Crippen LogP contribution < -0.4 is 4.90 Å². The van der Waals surface area contributed by atoms with Crippen molar-refractivity contribution in [1.29, 1.82) is 0 Å². The fourth-order valence-corrected chi connectivity index (χ4v) is 3.45. The number of aromatic nitrogens is 4. The number of nitrogens with zero attached hydrogens (tertiary/aromatic N) is 6. The summed E-state index contributed by atoms with van der Waals surface area (Å²) < 4.78 is 1.62. The van der Waals surface area contributed by atoms with Gasteiger partial charge in [-0.3, -0.25) is 4.79 Å². The minimum atomic E-state index is 0.0216. The van der Waals surface area contributed by atoms with Gasteiger partial charge in [0, 0.05) is 42.5 Å². The summed E-state index contributed by atoms with van der Waals surface area (Å²) in [5.41, 5.74) is 2.50. The fraction of sp³-hybridized carbons (Fsp3) is 0.263. The number of aryl methyl sites for hydroxylation is 1. The number of benzene rings is 2. The van der Waals surface area contributed by atoms with E-state index < -0.39 is 0 Å². The first-order chi connectivity index (χ1) is 13.1. The Labute approximate surface area is 162 Å². The number of halogens is 1. The zero-order chi connectivity index (χ0) is 18.8. The van der Waals surface area contributed by atoms with Crippen molar-refractivity contribution in [2.75, 3.05) is 31.1 Å². The number of amides is 1. The normalized spacial score (nSPS) is 14.4. The minimum absolute atomic E-state index is 0.0216. The van der Waals surface area contributed by atoms with Crippen LogP contribution in [0.3, 0.4) is 0 Å². The van der Waals surface area contributed by atoms with Gasteiger partial charge in [-0.2, -0.15) is 4.68 Å². The molecule has 1 aromatic heterocycles. The molecular weight excluding hydrogens is 364 g/mol. The second-order valence-electron chi connectivity index (χ2n) is 6.45. The highest BCUT2D eigenvalue weighted by atomic mass is 35.5. The van der Waals surface area contributed by atoms with Crippen LogP contribution in [0.5, 0.6) is 0 Å². The number of hydrogen-bond donors (Lipinski definition) is 0. The molecule has 0 unspecified atom stereocenters. The molecular formula is C19H19ClN6O. The van der Waals surface area contributed by atoms with Gasteiger partial charge in [0.05, 0.1) is 5.69 Å². The Morgan fingerprint density at radius 2 is 1.74 bits per heavy atom. The van der Waals surface area contributed by atoms with Gasteiger partial charge in [0.25, 0.3) is 5.91 Å². The lowest BCUT2D eigenvalue weighted by Gasteiger charge is -2.36. The number of rotatable bonds is 3. The van der Waals surface area contributed by atoms with Crippen molar-refractivity contribution < 1.29 is 4.79 Å². The van der Waals surface area contributed by atoms with E-state index in [2.05, 4.69) is 20.4 Å². The Balaban J connectivity index is 1.46. The molecule has 0 spiro atoms. The zero-order valence-corrected chi connectivity index (χ0v) is 15.7. The molecule has 0 N–H and O–H groups in total. The van der Waals surface area contributed by atoms with Crippen molar-refractivity contribution in [2.24, 2.45) is 0 Å². The summed E-state index contributed by atoms with van der Waals surface area (Å²) in [6.07, 6.45) is 0. The number of carbonyl (C=O) groups is 1. The van der Waals surface area contributed by atoms with Crippen molar-refractivity contribution in [3.63, 3.8) is 0 Å². The third-order valence-corrected chi connectivity index (χ3v) is 4.94. The molecule has 8 heteroatoms. The van der Waals surface area contributed by atoms with Crippen LogP contribution in [0.15, 0.2) is 48.5 Å². The molecule has 1 aliphatic heterocycles. The summed E-state index contributed by atoms with van der Waals surface area (Å²) in [7, 11) is 0. The molecule has 27 heavy (non-hydrogen) atoms. The van der Waals surface area contributed by atoms with E-state index in [-0.39, 0.29) is 5.91 Å². The highest BCUT2D eigenvalue weighted by Gasteiger charge is 2.23. The topological polar surface area (TPSA) is 67.2 Å². The molecule has 4 rings (SSSR count). The molecule has 1 amide bonds. The third-order valence-electron chi connectivity index (χ3n) is 4.70. The highest BCUT2D eigenvalue weighted by Crippen LogP contribution is 2.21. The van der Waals surface area contributed by atoms with Gasteiger partial charge in [-0.1, -0.05) is 23.7 Å². The van der Waals surface area contributed by atoms with E-state index in [9.17, 15) is 4.79 Å². The van der Waals surface area contributed by atoms with E-state index >= 15 is 0 Å². The molecule has 138 valence electrons. The fourth-order valence-electron chi connectivity index (χ4n) is 3.26. The first-order valence-corrected chi connectivity index (χ1v) is 9.15. The van der Waals surface area contributed by atoms with Crippen LogP contribution in [0.4, 0.5) is 5.69 Å². The Bertz CT molecular complexity index is 964. The molecule has 0 atom stereocenters. The van der Waals surface area contributed by atoms with Crippen LogP contribution >= 0.6 is 11.6 Å². The minimum Gasteiger partial charge on any atom is -0.368 e. The Kier molecular flexibility index (Phi) is 4.77. The molecule has 1 fully saturated rings. The lowest BCUT2D eigenvalue weighted by molar-refractivity contribution is 0.0746. The van der Waals surface area contributed by atoms with Crippen LogP contribution in [0, 0.1) is 6.92 Å². The molecule has 1 saturated heterocycles. The largest absolute Gasteiger partial charge is 0.368 e. The molecule has 0 aliphatic carbocycles. The summed E-state index contributed by atoms with van der Waals surface area (Å²) in [6, 6.07) is 15.2. The number of hydrogen-bond acceptors (Lipinski definition) is 5. The predicted molar refractivity (Wildman–Crippen MR) is 103 cm³/mol. The lowest BCUT2D eigenvalue weighted by Crippen LogP contribution is -2.48. The lowest BCUT2D eigenvalue weighted by atomic mass is 10.1. The number of tetrazole rings is 1. The van der Waals surface area contributed by atoms with Crippen molar-refractivity contribution in [1.82, 2.24) is 25.1 Å². The molecule has 2 heterocycles. The summed E-state index contributed by atoms with van der Waals surface area (Å²) >= 11 is 6.08. The van der Waals surface area contributed by atoms with Crippen LogP contribution in [0.2, 0.25) is 5.02 Å². The van der Waals surface area contributed by atoms with Gasteiger partial charge < -0.3 is 9.80 Å². The van der Waals surface area contributed by atoms with Gasteiger partial charge in [0.1, 0.15) is 0 Å². The van der Waals surface area contributed by atoms with Crippen LogP contribution in [-0.2, 0) is 0 Å². The number of piperazine rings is 1. The van der Waals surface area contributed by atoms with E-state index in [1.54, 1.807) is 4.68 Å². The van der Waals surface area contributed by atoms with Crippen LogP contribution in [-0.4, -0.2) is 57.2 Å². The van der Waals surface area contributed by atoms with Gasteiger partial charge in [0.2, 0.25) is 0 Å². The van der Waals surface area contributed by atoms with Crippen molar-refractivity contribution in [2.45, 2.75) is 6.92 Å². The average molecular weight is 383 g/mol. The number of carbonyl (C=O) groups excluding carboxylic acids is 1. The monoisotopic (exact) mass is 382 g/mol. The standard InChI is InChI=1S/C19H19ClN6O/c1-14-21-22-23-26(14)18-7-2-4-15(12-18)19(27)25-10-8-24(9-11-25)17-6-3-5-16(20)13-17/h2-7,12-13H,8-11H2,1H3.